The van der Waals surface area contributed by atoms with Crippen molar-refractivity contribution in [2.45, 2.75) is 19.1 Å². The smallest absolute Gasteiger partial charge is 0.223 e. The van der Waals surface area contributed by atoms with Gasteiger partial charge in [0.25, 0.3) is 0 Å². The Labute approximate surface area is 110 Å². The fraction of sp³-hybridized carbons (Fsp3) is 0.600. The highest BCUT2D eigenvalue weighted by Gasteiger charge is 2.27. The van der Waals surface area contributed by atoms with E-state index < -0.39 is 0 Å². The Morgan fingerprint density at radius 3 is 3.11 bits per heavy atom. The van der Waals surface area contributed by atoms with Crippen molar-refractivity contribution in [3.05, 3.63) is 11.2 Å². The van der Waals surface area contributed by atoms with Gasteiger partial charge in [-0.2, -0.15) is 10.1 Å². The minimum absolute atomic E-state index is 0.103. The molecule has 18 heavy (non-hydrogen) atoms. The third kappa shape index (κ3) is 2.85. The Morgan fingerprint density at radius 2 is 2.44 bits per heavy atom. The van der Waals surface area contributed by atoms with Crippen molar-refractivity contribution in [3.63, 3.8) is 0 Å². The van der Waals surface area contributed by atoms with E-state index in [2.05, 4.69) is 15.1 Å². The first-order valence-corrected chi connectivity index (χ1v) is 5.99. The minimum atomic E-state index is -0.103. The maximum atomic E-state index is 6.89. The largest absolute Gasteiger partial charge is 0.372 e. The van der Waals surface area contributed by atoms with Gasteiger partial charge in [-0.25, -0.2) is 10.5 Å². The lowest BCUT2D eigenvalue weighted by atomic mass is 10.2. The van der Waals surface area contributed by atoms with E-state index in [9.17, 15) is 0 Å². The van der Waals surface area contributed by atoms with E-state index in [1.807, 2.05) is 11.8 Å². The Bertz CT molecular complexity index is 422. The number of halogens is 1. The summed E-state index contributed by atoms with van der Waals surface area (Å²) in [5.74, 6) is 0.830. The Balaban J connectivity index is 2.20. The average molecular weight is 271 g/mol. The fourth-order valence-corrected chi connectivity index (χ4v) is 2.10. The summed E-state index contributed by atoms with van der Waals surface area (Å²) in [5, 5.41) is 3.68. The molecule has 0 spiro atoms. The summed E-state index contributed by atoms with van der Waals surface area (Å²) >= 11 is 5.88. The molecule has 2 rings (SSSR count). The molecular weight excluding hydrogens is 256 g/mol. The predicted octanol–water partition coefficient (Wildman–Crippen LogP) is 1.34. The number of rotatable bonds is 3. The maximum absolute atomic E-state index is 6.89. The van der Waals surface area contributed by atoms with E-state index in [1.54, 1.807) is 6.07 Å². The lowest BCUT2D eigenvalue weighted by Gasteiger charge is -2.38. The Morgan fingerprint density at radius 1 is 1.67 bits per heavy atom. The molecule has 1 fully saturated rings. The number of anilines is 2. The first-order valence-electron chi connectivity index (χ1n) is 5.61. The highest BCUT2D eigenvalue weighted by molar-refractivity contribution is 6.29. The number of nitrogens with one attached hydrogen (secondary N) is 1. The summed E-state index contributed by atoms with van der Waals surface area (Å²) in [4.78, 5) is 10.1. The van der Waals surface area contributed by atoms with Gasteiger partial charge in [0.05, 0.1) is 25.3 Å². The van der Waals surface area contributed by atoms with Gasteiger partial charge in [-0.05, 0) is 6.92 Å². The topological polar surface area (TPSA) is 100 Å². The quantitative estimate of drug-likeness (QED) is 0.637. The van der Waals surface area contributed by atoms with Crippen LogP contribution in [0.25, 0.3) is 0 Å². The average Bonchev–Trinajstić information content (AvgIpc) is 2.30. The van der Waals surface area contributed by atoms with E-state index in [1.165, 1.54) is 0 Å². The third-order valence-electron chi connectivity index (χ3n) is 2.79. The number of nitrogens with two attached hydrogens (primary N) is 1. The van der Waals surface area contributed by atoms with Crippen molar-refractivity contribution in [2.75, 3.05) is 30.3 Å². The van der Waals surface area contributed by atoms with E-state index in [0.29, 0.717) is 30.7 Å². The van der Waals surface area contributed by atoms with Crippen LogP contribution < -0.4 is 10.6 Å². The zero-order valence-electron chi connectivity index (χ0n) is 10.0. The zero-order chi connectivity index (χ0) is 13.1. The number of ether oxygens (including phenoxy) is 1. The molecule has 98 valence electrons. The zero-order valence-corrected chi connectivity index (χ0v) is 10.8. The molecule has 1 aromatic heterocycles. The molecule has 3 N–H and O–H groups in total. The van der Waals surface area contributed by atoms with Gasteiger partial charge in [0, 0.05) is 12.6 Å². The summed E-state index contributed by atoms with van der Waals surface area (Å²) in [6.07, 6.45) is -0.103. The summed E-state index contributed by atoms with van der Waals surface area (Å²) in [6.45, 7) is 3.54. The first-order chi connectivity index (χ1) is 8.60. The van der Waals surface area contributed by atoms with Crippen LogP contribution in [0.5, 0.6) is 0 Å². The van der Waals surface area contributed by atoms with Gasteiger partial charge in [-0.3, -0.25) is 0 Å². The summed E-state index contributed by atoms with van der Waals surface area (Å²) in [7, 11) is 0. The van der Waals surface area contributed by atoms with Crippen LogP contribution >= 0.6 is 11.6 Å². The molecular formula is C10H15ClN6O. The number of hydrogen-bond acceptors (Lipinski definition) is 7. The molecule has 0 saturated carbocycles. The predicted molar refractivity (Wildman–Crippen MR) is 68.0 cm³/mol. The van der Waals surface area contributed by atoms with Crippen molar-refractivity contribution in [2.24, 2.45) is 5.11 Å². The van der Waals surface area contributed by atoms with Crippen LogP contribution in [0.2, 0.25) is 5.15 Å². The number of aromatic nitrogens is 2. The fourth-order valence-electron chi connectivity index (χ4n) is 1.92. The highest BCUT2D eigenvalue weighted by Crippen LogP contribution is 2.22. The van der Waals surface area contributed by atoms with Gasteiger partial charge in [0.15, 0.2) is 0 Å². The SMILES string of the molecule is C[C@@H]1CO[C@H](CN=N)CN1c1cc(Cl)nc(N)n1. The van der Waals surface area contributed by atoms with Gasteiger partial charge in [-0.1, -0.05) is 11.6 Å². The number of morpholine rings is 1. The molecule has 0 bridgehead atoms. The molecule has 1 aliphatic rings. The molecule has 2 heterocycles. The molecule has 0 radical (unpaired) electrons. The van der Waals surface area contributed by atoms with Crippen molar-refractivity contribution in [3.8, 4) is 0 Å². The van der Waals surface area contributed by atoms with Crippen molar-refractivity contribution >= 4 is 23.4 Å². The molecule has 8 heteroatoms. The second-order valence-corrected chi connectivity index (χ2v) is 4.59. The molecule has 0 unspecified atom stereocenters. The molecule has 0 aliphatic carbocycles. The third-order valence-corrected chi connectivity index (χ3v) is 2.99. The van der Waals surface area contributed by atoms with Gasteiger partial charge in [0.1, 0.15) is 11.0 Å². The standard InChI is InChI=1S/C10H15ClN6O/c1-6-5-18-7(3-14-13)4-17(6)9-2-8(11)15-10(12)16-9/h2,6-7,13H,3-5H2,1H3,(H2,12,15,16)/t6-,7-/m1/s1. The number of hydrogen-bond donors (Lipinski definition) is 2. The molecule has 2 atom stereocenters. The Kier molecular flexibility index (Phi) is 3.93. The molecule has 1 aromatic rings. The second kappa shape index (κ2) is 5.45. The molecule has 1 saturated heterocycles. The minimum Gasteiger partial charge on any atom is -0.372 e. The van der Waals surface area contributed by atoms with Gasteiger partial charge in [-0.15, -0.1) is 0 Å². The lowest BCUT2D eigenvalue weighted by molar-refractivity contribution is 0.0271. The molecule has 0 aromatic carbocycles. The van der Waals surface area contributed by atoms with Gasteiger partial charge in [0.2, 0.25) is 5.95 Å². The van der Waals surface area contributed by atoms with Crippen LogP contribution in [-0.2, 0) is 4.74 Å². The Hall–Kier alpha value is -1.47. The summed E-state index contributed by atoms with van der Waals surface area (Å²) in [6, 6.07) is 1.84. The first kappa shape index (κ1) is 13.0. The number of nitrogens with zero attached hydrogens (tertiary/aromatic N) is 4. The van der Waals surface area contributed by atoms with E-state index >= 15 is 0 Å². The monoisotopic (exact) mass is 270 g/mol. The van der Waals surface area contributed by atoms with Gasteiger partial charge >= 0.3 is 0 Å². The normalized spacial score (nSPS) is 24.0. The van der Waals surface area contributed by atoms with E-state index in [4.69, 9.17) is 27.6 Å². The lowest BCUT2D eigenvalue weighted by Crippen LogP contribution is -2.49. The van der Waals surface area contributed by atoms with E-state index in [-0.39, 0.29) is 18.1 Å². The summed E-state index contributed by atoms with van der Waals surface area (Å²) < 4.78 is 5.58. The van der Waals surface area contributed by atoms with Crippen LogP contribution in [0.15, 0.2) is 11.2 Å². The second-order valence-electron chi connectivity index (χ2n) is 4.20. The van der Waals surface area contributed by atoms with Crippen LogP contribution in [0.4, 0.5) is 11.8 Å². The summed E-state index contributed by atoms with van der Waals surface area (Å²) in [5.41, 5.74) is 12.5. The van der Waals surface area contributed by atoms with E-state index in [0.717, 1.165) is 0 Å². The van der Waals surface area contributed by atoms with Gasteiger partial charge < -0.3 is 15.4 Å². The van der Waals surface area contributed by atoms with Crippen molar-refractivity contribution in [1.82, 2.24) is 9.97 Å². The molecule has 7 nitrogen and oxygen atoms in total. The van der Waals surface area contributed by atoms with Crippen LogP contribution in [0, 0.1) is 5.53 Å². The number of nitrogen functional groups attached to an aromatic ring is 1. The highest BCUT2D eigenvalue weighted by atomic mass is 35.5. The van der Waals surface area contributed by atoms with Crippen LogP contribution in [0.3, 0.4) is 0 Å². The van der Waals surface area contributed by atoms with Crippen molar-refractivity contribution in [1.29, 1.82) is 5.53 Å². The van der Waals surface area contributed by atoms with Crippen LogP contribution in [-0.4, -0.2) is 41.8 Å². The van der Waals surface area contributed by atoms with Crippen molar-refractivity contribution < 1.29 is 4.74 Å². The maximum Gasteiger partial charge on any atom is 0.223 e. The molecule has 0 amide bonds. The molecule has 1 aliphatic heterocycles. The van der Waals surface area contributed by atoms with Crippen LogP contribution in [0.1, 0.15) is 6.92 Å².